The second-order valence-electron chi connectivity index (χ2n) is 5.46. The molecule has 2 aromatic rings. The quantitative estimate of drug-likeness (QED) is 0.850. The average molecular weight is 339 g/mol. The molecule has 1 aliphatic rings. The van der Waals surface area contributed by atoms with E-state index in [4.69, 9.17) is 0 Å². The highest BCUT2D eigenvalue weighted by molar-refractivity contribution is 7.89. The van der Waals surface area contributed by atoms with Crippen LogP contribution < -0.4 is 0 Å². The number of piperidine rings is 1. The lowest BCUT2D eigenvalue weighted by Gasteiger charge is -2.34. The zero-order valence-corrected chi connectivity index (χ0v) is 14.0. The number of hydrogen-bond donors (Lipinski definition) is 0. The van der Waals surface area contributed by atoms with Gasteiger partial charge in [-0.2, -0.15) is 4.31 Å². The molecule has 1 fully saturated rings. The number of nitrogens with zero attached hydrogens (tertiary/aromatic N) is 3. The van der Waals surface area contributed by atoms with Gasteiger partial charge >= 0.3 is 0 Å². The van der Waals surface area contributed by atoms with Crippen molar-refractivity contribution in [2.24, 2.45) is 0 Å². The number of thiophene rings is 1. The monoisotopic (exact) mass is 339 g/mol. The summed E-state index contributed by atoms with van der Waals surface area (Å²) in [6.07, 6.45) is 2.33. The topological polar surface area (TPSA) is 70.6 Å². The standard InChI is InChI=1S/C14H17N3O3S2/c1-16-9-10(3-4-14(16)18)17(2)22(19,20)11-7-13-12(15-8-11)5-6-21-13/h5-8,10H,3-4,9H2,1-2H3/t10-/m0/s1. The van der Waals surface area contributed by atoms with Gasteiger partial charge in [-0.3, -0.25) is 9.78 Å². The van der Waals surface area contributed by atoms with Crippen LogP contribution in [0, 0.1) is 0 Å². The number of hydrogen-bond acceptors (Lipinski definition) is 5. The summed E-state index contributed by atoms with van der Waals surface area (Å²) in [4.78, 5) is 17.5. The number of aromatic nitrogens is 1. The van der Waals surface area contributed by atoms with Crippen LogP contribution in [0.4, 0.5) is 0 Å². The number of amides is 1. The first-order valence-electron chi connectivity index (χ1n) is 6.95. The summed E-state index contributed by atoms with van der Waals surface area (Å²) in [7, 11) is -0.335. The molecule has 0 saturated carbocycles. The van der Waals surface area contributed by atoms with Crippen molar-refractivity contribution in [1.29, 1.82) is 0 Å². The third-order valence-electron chi connectivity index (χ3n) is 4.07. The molecule has 1 amide bonds. The van der Waals surface area contributed by atoms with Crippen molar-refractivity contribution in [3.63, 3.8) is 0 Å². The van der Waals surface area contributed by atoms with E-state index in [9.17, 15) is 13.2 Å². The van der Waals surface area contributed by atoms with Gasteiger partial charge in [-0.25, -0.2) is 8.42 Å². The van der Waals surface area contributed by atoms with Crippen LogP contribution in [0.2, 0.25) is 0 Å². The van der Waals surface area contributed by atoms with Crippen LogP contribution in [-0.4, -0.2) is 55.2 Å². The number of carbonyl (C=O) groups is 1. The highest BCUT2D eigenvalue weighted by Crippen LogP contribution is 2.26. The lowest BCUT2D eigenvalue weighted by atomic mass is 10.1. The Kier molecular flexibility index (Phi) is 3.92. The third kappa shape index (κ3) is 2.62. The first kappa shape index (κ1) is 15.4. The molecule has 3 rings (SSSR count). The summed E-state index contributed by atoms with van der Waals surface area (Å²) in [6.45, 7) is 0.420. The van der Waals surface area contributed by atoms with Crippen molar-refractivity contribution in [2.45, 2.75) is 23.8 Å². The Hall–Kier alpha value is -1.51. The van der Waals surface area contributed by atoms with E-state index in [-0.39, 0.29) is 16.8 Å². The van der Waals surface area contributed by atoms with Gasteiger partial charge in [0.15, 0.2) is 0 Å². The van der Waals surface area contributed by atoms with E-state index < -0.39 is 10.0 Å². The maximum Gasteiger partial charge on any atom is 0.244 e. The number of fused-ring (bicyclic) bond motifs is 1. The minimum Gasteiger partial charge on any atom is -0.344 e. The number of rotatable bonds is 3. The molecule has 1 saturated heterocycles. The lowest BCUT2D eigenvalue weighted by molar-refractivity contribution is -0.133. The minimum absolute atomic E-state index is 0.0590. The Morgan fingerprint density at radius 2 is 2.23 bits per heavy atom. The molecular weight excluding hydrogens is 322 g/mol. The van der Waals surface area contributed by atoms with Crippen LogP contribution in [-0.2, 0) is 14.8 Å². The molecule has 0 aliphatic carbocycles. The van der Waals surface area contributed by atoms with Gasteiger partial charge < -0.3 is 4.90 Å². The molecule has 2 aromatic heterocycles. The number of likely N-dealkylation sites (tertiary alicyclic amines) is 1. The van der Waals surface area contributed by atoms with Crippen LogP contribution in [0.5, 0.6) is 0 Å². The van der Waals surface area contributed by atoms with Crippen LogP contribution >= 0.6 is 11.3 Å². The van der Waals surface area contributed by atoms with E-state index in [2.05, 4.69) is 4.98 Å². The van der Waals surface area contributed by atoms with Gasteiger partial charge in [0, 0.05) is 39.3 Å². The summed E-state index contributed by atoms with van der Waals surface area (Å²) in [6, 6.07) is 3.32. The summed E-state index contributed by atoms with van der Waals surface area (Å²) in [5.41, 5.74) is 0.801. The fourth-order valence-electron chi connectivity index (χ4n) is 2.62. The molecular formula is C14H17N3O3S2. The molecule has 6 nitrogen and oxygen atoms in total. The van der Waals surface area contributed by atoms with E-state index in [0.717, 1.165) is 10.2 Å². The van der Waals surface area contributed by atoms with E-state index >= 15 is 0 Å². The van der Waals surface area contributed by atoms with E-state index in [0.29, 0.717) is 19.4 Å². The summed E-state index contributed by atoms with van der Waals surface area (Å²) < 4.78 is 27.8. The molecule has 0 unspecified atom stereocenters. The number of likely N-dealkylation sites (N-methyl/N-ethyl adjacent to an activating group) is 2. The predicted octanol–water partition coefficient (Wildman–Crippen LogP) is 1.54. The maximum atomic E-state index is 12.8. The predicted molar refractivity (Wildman–Crippen MR) is 85.2 cm³/mol. The minimum atomic E-state index is -3.61. The molecule has 8 heteroatoms. The molecule has 0 spiro atoms. The Bertz CT molecular complexity index is 816. The van der Waals surface area contributed by atoms with Crippen LogP contribution in [0.15, 0.2) is 28.6 Å². The van der Waals surface area contributed by atoms with Crippen molar-refractivity contribution < 1.29 is 13.2 Å². The fourth-order valence-corrected chi connectivity index (χ4v) is 4.82. The van der Waals surface area contributed by atoms with Crippen LogP contribution in [0.1, 0.15) is 12.8 Å². The van der Waals surface area contributed by atoms with E-state index in [1.165, 1.54) is 21.8 Å². The van der Waals surface area contributed by atoms with Crippen molar-refractivity contribution in [3.8, 4) is 0 Å². The van der Waals surface area contributed by atoms with Crippen molar-refractivity contribution in [3.05, 3.63) is 23.7 Å². The normalized spacial score (nSPS) is 20.0. The highest BCUT2D eigenvalue weighted by atomic mass is 32.2. The van der Waals surface area contributed by atoms with Gasteiger partial charge in [-0.05, 0) is 23.9 Å². The first-order chi connectivity index (χ1) is 10.4. The van der Waals surface area contributed by atoms with Crippen molar-refractivity contribution in [1.82, 2.24) is 14.2 Å². The van der Waals surface area contributed by atoms with Crippen molar-refractivity contribution >= 4 is 37.5 Å². The van der Waals surface area contributed by atoms with Gasteiger partial charge in [0.05, 0.1) is 10.2 Å². The Morgan fingerprint density at radius 1 is 1.45 bits per heavy atom. The van der Waals surface area contributed by atoms with Gasteiger partial charge in [0.2, 0.25) is 15.9 Å². The average Bonchev–Trinajstić information content (AvgIpc) is 2.96. The molecule has 118 valence electrons. The molecule has 1 atom stereocenters. The number of pyridine rings is 1. The van der Waals surface area contributed by atoms with Crippen LogP contribution in [0.25, 0.3) is 10.2 Å². The SMILES string of the molecule is CN1C[C@@H](N(C)S(=O)(=O)c2cnc3ccsc3c2)CCC1=O. The number of sulfonamides is 1. The largest absolute Gasteiger partial charge is 0.344 e. The van der Waals surface area contributed by atoms with Crippen LogP contribution in [0.3, 0.4) is 0 Å². The first-order valence-corrected chi connectivity index (χ1v) is 9.27. The van der Waals surface area contributed by atoms with E-state index in [1.807, 2.05) is 11.4 Å². The van der Waals surface area contributed by atoms with Gasteiger partial charge in [0.1, 0.15) is 4.90 Å². The molecule has 22 heavy (non-hydrogen) atoms. The molecule has 1 aliphatic heterocycles. The molecule has 0 bridgehead atoms. The van der Waals surface area contributed by atoms with E-state index in [1.54, 1.807) is 25.1 Å². The zero-order valence-electron chi connectivity index (χ0n) is 12.4. The Labute approximate surface area is 133 Å². The molecule has 0 N–H and O–H groups in total. The zero-order chi connectivity index (χ0) is 15.9. The molecule has 0 aromatic carbocycles. The van der Waals surface area contributed by atoms with Gasteiger partial charge in [-0.1, -0.05) is 0 Å². The summed E-state index contributed by atoms with van der Waals surface area (Å²) >= 11 is 1.47. The Balaban J connectivity index is 1.89. The van der Waals surface area contributed by atoms with Gasteiger partial charge in [0.25, 0.3) is 0 Å². The highest BCUT2D eigenvalue weighted by Gasteiger charge is 2.33. The third-order valence-corrected chi connectivity index (χ3v) is 6.80. The number of carbonyl (C=O) groups excluding carboxylic acids is 1. The lowest BCUT2D eigenvalue weighted by Crippen LogP contribution is -2.49. The summed E-state index contributed by atoms with van der Waals surface area (Å²) in [5.74, 6) is 0.0590. The fraction of sp³-hybridized carbons (Fsp3) is 0.429. The smallest absolute Gasteiger partial charge is 0.244 e. The summed E-state index contributed by atoms with van der Waals surface area (Å²) in [5, 5.41) is 1.89. The van der Waals surface area contributed by atoms with Crippen molar-refractivity contribution in [2.75, 3.05) is 20.6 Å². The second-order valence-corrected chi connectivity index (χ2v) is 8.41. The second kappa shape index (κ2) is 5.60. The Morgan fingerprint density at radius 3 is 2.95 bits per heavy atom. The molecule has 3 heterocycles. The van der Waals surface area contributed by atoms with Gasteiger partial charge in [-0.15, -0.1) is 11.3 Å². The maximum absolute atomic E-state index is 12.8. The molecule has 0 radical (unpaired) electrons.